The lowest BCUT2D eigenvalue weighted by molar-refractivity contribution is 0.0695. The minimum atomic E-state index is -1.25. The smallest absolute Gasteiger partial charge is 0.341 e. The lowest BCUT2D eigenvalue weighted by Crippen LogP contribution is -2.19. The summed E-state index contributed by atoms with van der Waals surface area (Å²) in [5, 5.41) is 9.34. The fraction of sp³-hybridized carbons (Fsp3) is 0.286. The predicted molar refractivity (Wildman–Crippen MR) is 67.9 cm³/mol. The quantitative estimate of drug-likeness (QED) is 0.903. The van der Waals surface area contributed by atoms with Gasteiger partial charge in [0.1, 0.15) is 11.4 Å². The van der Waals surface area contributed by atoms with E-state index in [0.717, 1.165) is 6.42 Å². The molecule has 1 aliphatic rings. The summed E-state index contributed by atoms with van der Waals surface area (Å²) in [6, 6.07) is 3.95. The van der Waals surface area contributed by atoms with Gasteiger partial charge in [-0.05, 0) is 30.5 Å². The van der Waals surface area contributed by atoms with Gasteiger partial charge in [0.2, 0.25) is 5.43 Å². The molecule has 1 fully saturated rings. The van der Waals surface area contributed by atoms with Crippen LogP contribution in [0.2, 0.25) is 0 Å². The molecule has 4 nitrogen and oxygen atoms in total. The van der Waals surface area contributed by atoms with E-state index in [1.807, 2.05) is 6.92 Å². The van der Waals surface area contributed by atoms with Crippen LogP contribution in [-0.4, -0.2) is 15.6 Å². The van der Waals surface area contributed by atoms with Crippen LogP contribution in [0.3, 0.4) is 0 Å². The first-order valence-electron chi connectivity index (χ1n) is 6.06. The summed E-state index contributed by atoms with van der Waals surface area (Å²) >= 11 is 0. The second-order valence-electron chi connectivity index (χ2n) is 5.03. The molecular formula is C14H12FNO3. The van der Waals surface area contributed by atoms with Gasteiger partial charge >= 0.3 is 5.97 Å². The Morgan fingerprint density at radius 2 is 2.16 bits per heavy atom. The normalized spacial score (nSPS) is 21.6. The Morgan fingerprint density at radius 1 is 1.47 bits per heavy atom. The van der Waals surface area contributed by atoms with Crippen LogP contribution in [0.5, 0.6) is 0 Å². The maximum Gasteiger partial charge on any atom is 0.341 e. The first-order chi connectivity index (χ1) is 8.99. The van der Waals surface area contributed by atoms with Crippen LogP contribution in [-0.2, 0) is 0 Å². The molecule has 2 atom stereocenters. The highest BCUT2D eigenvalue weighted by Crippen LogP contribution is 2.43. The van der Waals surface area contributed by atoms with Crippen molar-refractivity contribution in [2.45, 2.75) is 19.4 Å². The Morgan fingerprint density at radius 3 is 2.74 bits per heavy atom. The molecule has 1 aromatic heterocycles. The molecule has 2 unspecified atom stereocenters. The SMILES string of the molecule is CC1CC1n1cc(C(=O)O)c(=O)c2ccc(F)cc21. The fourth-order valence-electron chi connectivity index (χ4n) is 2.44. The molecule has 0 spiro atoms. The Bertz CT molecular complexity index is 750. The average molecular weight is 261 g/mol. The van der Waals surface area contributed by atoms with Crippen molar-refractivity contribution >= 4 is 16.9 Å². The van der Waals surface area contributed by atoms with Gasteiger partial charge in [-0.25, -0.2) is 9.18 Å². The highest BCUT2D eigenvalue weighted by molar-refractivity contribution is 5.92. The first kappa shape index (κ1) is 11.9. The number of hydrogen-bond donors (Lipinski definition) is 1. The van der Waals surface area contributed by atoms with Gasteiger partial charge in [0.05, 0.1) is 5.52 Å². The third kappa shape index (κ3) is 1.82. The van der Waals surface area contributed by atoms with Gasteiger partial charge in [-0.1, -0.05) is 6.92 Å². The Balaban J connectivity index is 2.39. The molecule has 98 valence electrons. The molecule has 0 amide bonds. The number of halogens is 1. The van der Waals surface area contributed by atoms with Crippen LogP contribution in [0, 0.1) is 11.7 Å². The number of nitrogens with zero attached hydrogens (tertiary/aromatic N) is 1. The zero-order chi connectivity index (χ0) is 13.7. The minimum absolute atomic E-state index is 0.142. The summed E-state index contributed by atoms with van der Waals surface area (Å²) in [5.41, 5.74) is -0.366. The molecule has 19 heavy (non-hydrogen) atoms. The second kappa shape index (κ2) is 3.91. The molecule has 5 heteroatoms. The number of aromatic carboxylic acids is 1. The molecule has 1 heterocycles. The van der Waals surface area contributed by atoms with Gasteiger partial charge in [-0.2, -0.15) is 0 Å². The summed E-state index contributed by atoms with van der Waals surface area (Å²) in [6.07, 6.45) is 2.24. The summed E-state index contributed by atoms with van der Waals surface area (Å²) < 4.78 is 15.1. The van der Waals surface area contributed by atoms with Crippen LogP contribution in [0.4, 0.5) is 4.39 Å². The van der Waals surface area contributed by atoms with Gasteiger partial charge in [-0.3, -0.25) is 4.79 Å². The van der Waals surface area contributed by atoms with Gasteiger partial charge in [-0.15, -0.1) is 0 Å². The highest BCUT2D eigenvalue weighted by Gasteiger charge is 2.35. The number of benzene rings is 1. The molecule has 0 radical (unpaired) electrons. The minimum Gasteiger partial charge on any atom is -0.477 e. The van der Waals surface area contributed by atoms with Gasteiger partial charge in [0, 0.05) is 17.6 Å². The molecular weight excluding hydrogens is 249 g/mol. The Hall–Kier alpha value is -2.17. The summed E-state index contributed by atoms with van der Waals surface area (Å²) in [7, 11) is 0. The van der Waals surface area contributed by atoms with Crippen LogP contribution >= 0.6 is 0 Å². The molecule has 3 rings (SSSR count). The van der Waals surface area contributed by atoms with E-state index in [1.54, 1.807) is 4.57 Å². The number of aromatic nitrogens is 1. The van der Waals surface area contributed by atoms with E-state index in [2.05, 4.69) is 0 Å². The van der Waals surface area contributed by atoms with Crippen LogP contribution in [0.1, 0.15) is 29.7 Å². The second-order valence-corrected chi connectivity index (χ2v) is 5.03. The van der Waals surface area contributed by atoms with Gasteiger partial charge in [0.15, 0.2) is 0 Å². The lowest BCUT2D eigenvalue weighted by Gasteiger charge is -2.11. The maximum absolute atomic E-state index is 13.4. The molecule has 0 aliphatic heterocycles. The first-order valence-corrected chi connectivity index (χ1v) is 6.06. The Labute approximate surface area is 108 Å². The predicted octanol–water partition coefficient (Wildman–Crippen LogP) is 2.42. The monoisotopic (exact) mass is 261 g/mol. The van der Waals surface area contributed by atoms with Gasteiger partial charge in [0.25, 0.3) is 0 Å². The highest BCUT2D eigenvalue weighted by atomic mass is 19.1. The fourth-order valence-corrected chi connectivity index (χ4v) is 2.44. The largest absolute Gasteiger partial charge is 0.477 e. The number of fused-ring (bicyclic) bond motifs is 1. The molecule has 1 aliphatic carbocycles. The van der Waals surface area contributed by atoms with E-state index in [4.69, 9.17) is 5.11 Å². The zero-order valence-corrected chi connectivity index (χ0v) is 10.3. The van der Waals surface area contributed by atoms with Crippen molar-refractivity contribution in [3.8, 4) is 0 Å². The summed E-state index contributed by atoms with van der Waals surface area (Å²) in [4.78, 5) is 23.2. The molecule has 1 N–H and O–H groups in total. The summed E-state index contributed by atoms with van der Waals surface area (Å²) in [6.45, 7) is 2.04. The number of hydrogen-bond acceptors (Lipinski definition) is 2. The molecule has 1 aromatic carbocycles. The topological polar surface area (TPSA) is 59.3 Å². The van der Waals surface area contributed by atoms with E-state index in [1.165, 1.54) is 24.4 Å². The maximum atomic E-state index is 13.4. The number of carbonyl (C=O) groups is 1. The van der Waals surface area contributed by atoms with Crippen molar-refractivity contribution in [2.75, 3.05) is 0 Å². The van der Waals surface area contributed by atoms with E-state index >= 15 is 0 Å². The number of carboxylic acids is 1. The van der Waals surface area contributed by atoms with Crippen LogP contribution < -0.4 is 5.43 Å². The van der Waals surface area contributed by atoms with Crippen molar-refractivity contribution in [3.05, 3.63) is 46.0 Å². The summed E-state index contributed by atoms with van der Waals surface area (Å²) in [5.74, 6) is -1.27. The van der Waals surface area contributed by atoms with E-state index in [0.29, 0.717) is 11.4 Å². The third-order valence-electron chi connectivity index (χ3n) is 3.65. The third-order valence-corrected chi connectivity index (χ3v) is 3.65. The van der Waals surface area contributed by atoms with Crippen LogP contribution in [0.25, 0.3) is 10.9 Å². The van der Waals surface area contributed by atoms with Crippen LogP contribution in [0.15, 0.2) is 29.2 Å². The van der Waals surface area contributed by atoms with Gasteiger partial charge < -0.3 is 9.67 Å². The molecule has 2 aromatic rings. The van der Waals surface area contributed by atoms with Crippen molar-refractivity contribution in [1.82, 2.24) is 4.57 Å². The van der Waals surface area contributed by atoms with E-state index in [9.17, 15) is 14.0 Å². The number of pyridine rings is 1. The molecule has 0 saturated heterocycles. The van der Waals surface area contributed by atoms with Crippen molar-refractivity contribution in [3.63, 3.8) is 0 Å². The zero-order valence-electron chi connectivity index (χ0n) is 10.3. The van der Waals surface area contributed by atoms with E-state index in [-0.39, 0.29) is 17.0 Å². The molecule has 1 saturated carbocycles. The average Bonchev–Trinajstić information content (AvgIpc) is 3.06. The standard InChI is InChI=1S/C14H12FNO3/c1-7-4-11(7)16-6-10(14(18)19)13(17)9-3-2-8(15)5-12(9)16/h2-3,5-7,11H,4H2,1H3,(H,18,19). The lowest BCUT2D eigenvalue weighted by atomic mass is 10.1. The Kier molecular flexibility index (Phi) is 2.45. The number of carboxylic acid groups (broad SMARTS) is 1. The molecule has 0 bridgehead atoms. The number of rotatable bonds is 2. The van der Waals surface area contributed by atoms with Crippen molar-refractivity contribution in [1.29, 1.82) is 0 Å². The van der Waals surface area contributed by atoms with Crippen molar-refractivity contribution in [2.24, 2.45) is 5.92 Å². The van der Waals surface area contributed by atoms with Crippen molar-refractivity contribution < 1.29 is 14.3 Å². The van der Waals surface area contributed by atoms with E-state index < -0.39 is 17.2 Å².